The Morgan fingerprint density at radius 2 is 1.89 bits per heavy atom. The van der Waals surface area contributed by atoms with Gasteiger partial charge in [-0.05, 0) is 46.8 Å². The number of halogens is 1. The van der Waals surface area contributed by atoms with Crippen molar-refractivity contribution in [1.29, 1.82) is 0 Å². The summed E-state index contributed by atoms with van der Waals surface area (Å²) in [5.74, 6) is 2.06. The monoisotopic (exact) mass is 399 g/mol. The van der Waals surface area contributed by atoms with Gasteiger partial charge in [-0.3, -0.25) is 0 Å². The van der Waals surface area contributed by atoms with E-state index in [4.69, 9.17) is 20.9 Å². The van der Waals surface area contributed by atoms with Crippen LogP contribution in [0, 0.1) is 0 Å². The zero-order valence-electron chi connectivity index (χ0n) is 14.2. The summed E-state index contributed by atoms with van der Waals surface area (Å²) in [6.45, 7) is 0. The molecule has 0 N–H and O–H groups in total. The minimum atomic E-state index is 0.553. The first-order valence-electron chi connectivity index (χ1n) is 8.00. The van der Waals surface area contributed by atoms with E-state index in [1.54, 1.807) is 11.8 Å². The van der Waals surface area contributed by atoms with Gasteiger partial charge in [-0.25, -0.2) is 0 Å². The SMILES string of the molecule is COc1ccc(-n2nnnc2SCc2cc(-c3ccc(Cl)cc3)no2)cc1. The first-order chi connectivity index (χ1) is 13.2. The lowest BCUT2D eigenvalue weighted by atomic mass is 10.1. The first kappa shape index (κ1) is 17.6. The molecular formula is C18H14ClN5O2S. The molecular weight excluding hydrogens is 386 g/mol. The average Bonchev–Trinajstić information content (AvgIpc) is 3.36. The zero-order valence-corrected chi connectivity index (χ0v) is 15.8. The highest BCUT2D eigenvalue weighted by molar-refractivity contribution is 7.98. The minimum Gasteiger partial charge on any atom is -0.497 e. The summed E-state index contributed by atoms with van der Waals surface area (Å²) in [6.07, 6.45) is 0. The highest BCUT2D eigenvalue weighted by Crippen LogP contribution is 2.26. The molecule has 27 heavy (non-hydrogen) atoms. The molecule has 0 unspecified atom stereocenters. The summed E-state index contributed by atoms with van der Waals surface area (Å²) in [5, 5.41) is 17.4. The third-order valence-corrected chi connectivity index (χ3v) is 4.99. The summed E-state index contributed by atoms with van der Waals surface area (Å²) in [4.78, 5) is 0. The molecule has 0 saturated heterocycles. The topological polar surface area (TPSA) is 78.9 Å². The smallest absolute Gasteiger partial charge is 0.214 e. The van der Waals surface area contributed by atoms with Crippen LogP contribution in [0.3, 0.4) is 0 Å². The van der Waals surface area contributed by atoms with Crippen molar-refractivity contribution >= 4 is 23.4 Å². The predicted molar refractivity (Wildman–Crippen MR) is 102 cm³/mol. The number of hydrogen-bond donors (Lipinski definition) is 0. The Bertz CT molecular complexity index is 1030. The van der Waals surface area contributed by atoms with Crippen LogP contribution in [-0.4, -0.2) is 32.5 Å². The maximum absolute atomic E-state index is 5.92. The molecule has 136 valence electrons. The zero-order chi connectivity index (χ0) is 18.6. The van der Waals surface area contributed by atoms with Gasteiger partial charge in [0.05, 0.1) is 18.6 Å². The van der Waals surface area contributed by atoms with Crippen LogP contribution in [0.5, 0.6) is 5.75 Å². The standard InChI is InChI=1S/C18H14ClN5O2S/c1-25-15-8-6-14(7-9-15)24-18(20-22-23-24)27-11-16-10-17(21-26-16)12-2-4-13(19)5-3-12/h2-10H,11H2,1H3. The Labute approximate surface area is 164 Å². The molecule has 2 aromatic carbocycles. The van der Waals surface area contributed by atoms with Crippen LogP contribution in [0.4, 0.5) is 0 Å². The van der Waals surface area contributed by atoms with E-state index in [0.29, 0.717) is 15.9 Å². The summed E-state index contributed by atoms with van der Waals surface area (Å²) in [7, 11) is 1.63. The van der Waals surface area contributed by atoms with Gasteiger partial charge in [-0.15, -0.1) is 5.10 Å². The van der Waals surface area contributed by atoms with E-state index in [0.717, 1.165) is 28.5 Å². The molecule has 2 aromatic heterocycles. The van der Waals surface area contributed by atoms with Crippen molar-refractivity contribution in [2.75, 3.05) is 7.11 Å². The third-order valence-electron chi connectivity index (χ3n) is 3.80. The first-order valence-corrected chi connectivity index (χ1v) is 9.36. The molecule has 0 radical (unpaired) electrons. The number of hydrogen-bond acceptors (Lipinski definition) is 7. The molecule has 0 aliphatic rings. The number of nitrogens with zero attached hydrogens (tertiary/aromatic N) is 5. The normalized spacial score (nSPS) is 10.9. The maximum Gasteiger partial charge on any atom is 0.214 e. The average molecular weight is 400 g/mol. The van der Waals surface area contributed by atoms with E-state index < -0.39 is 0 Å². The number of tetrazole rings is 1. The van der Waals surface area contributed by atoms with Crippen LogP contribution < -0.4 is 4.74 Å². The van der Waals surface area contributed by atoms with Gasteiger partial charge in [-0.1, -0.05) is 40.7 Å². The second-order valence-corrected chi connectivity index (χ2v) is 6.92. The molecule has 0 saturated carbocycles. The van der Waals surface area contributed by atoms with Crippen molar-refractivity contribution in [3.8, 4) is 22.7 Å². The predicted octanol–water partition coefficient (Wildman–Crippen LogP) is 4.27. The fraction of sp³-hybridized carbons (Fsp3) is 0.111. The lowest BCUT2D eigenvalue weighted by Crippen LogP contribution is -1.99. The van der Waals surface area contributed by atoms with Gasteiger partial charge in [-0.2, -0.15) is 4.68 Å². The number of rotatable bonds is 6. The van der Waals surface area contributed by atoms with Crippen molar-refractivity contribution < 1.29 is 9.26 Å². The van der Waals surface area contributed by atoms with Crippen LogP contribution in [-0.2, 0) is 5.75 Å². The van der Waals surface area contributed by atoms with Gasteiger partial charge >= 0.3 is 0 Å². The molecule has 9 heteroatoms. The number of aromatic nitrogens is 5. The highest BCUT2D eigenvalue weighted by Gasteiger charge is 2.12. The lowest BCUT2D eigenvalue weighted by molar-refractivity contribution is 0.397. The van der Waals surface area contributed by atoms with E-state index in [-0.39, 0.29) is 0 Å². The van der Waals surface area contributed by atoms with Gasteiger partial charge in [0.2, 0.25) is 5.16 Å². The van der Waals surface area contributed by atoms with Crippen LogP contribution in [0.2, 0.25) is 5.02 Å². The van der Waals surface area contributed by atoms with Crippen molar-refractivity contribution in [3.05, 3.63) is 65.4 Å². The molecule has 2 heterocycles. The molecule has 0 spiro atoms. The molecule has 4 aromatic rings. The Hall–Kier alpha value is -2.84. The second-order valence-electron chi connectivity index (χ2n) is 5.55. The van der Waals surface area contributed by atoms with Crippen LogP contribution in [0.25, 0.3) is 16.9 Å². The molecule has 7 nitrogen and oxygen atoms in total. The van der Waals surface area contributed by atoms with Gasteiger partial charge < -0.3 is 9.26 Å². The molecule has 0 atom stereocenters. The second kappa shape index (κ2) is 7.81. The minimum absolute atomic E-state index is 0.553. The summed E-state index contributed by atoms with van der Waals surface area (Å²) in [5.41, 5.74) is 2.56. The van der Waals surface area contributed by atoms with Crippen molar-refractivity contribution in [2.24, 2.45) is 0 Å². The van der Waals surface area contributed by atoms with Crippen molar-refractivity contribution in [2.45, 2.75) is 10.9 Å². The highest BCUT2D eigenvalue weighted by atomic mass is 35.5. The molecule has 0 bridgehead atoms. The Morgan fingerprint density at radius 3 is 2.63 bits per heavy atom. The molecule has 0 amide bonds. The van der Waals surface area contributed by atoms with E-state index in [1.807, 2.05) is 54.6 Å². The van der Waals surface area contributed by atoms with E-state index >= 15 is 0 Å². The van der Waals surface area contributed by atoms with Gasteiger partial charge in [0.25, 0.3) is 0 Å². The lowest BCUT2D eigenvalue weighted by Gasteiger charge is -2.04. The van der Waals surface area contributed by atoms with Crippen LogP contribution in [0.15, 0.2) is 64.3 Å². The van der Waals surface area contributed by atoms with Crippen molar-refractivity contribution in [1.82, 2.24) is 25.4 Å². The Balaban J connectivity index is 1.47. The number of methoxy groups -OCH3 is 1. The fourth-order valence-electron chi connectivity index (χ4n) is 2.43. The Kier molecular flexibility index (Phi) is 5.08. The molecule has 0 aliphatic heterocycles. The molecule has 0 aliphatic carbocycles. The number of benzene rings is 2. The summed E-state index contributed by atoms with van der Waals surface area (Å²) >= 11 is 7.38. The van der Waals surface area contributed by atoms with Crippen LogP contribution in [0.1, 0.15) is 5.76 Å². The summed E-state index contributed by atoms with van der Waals surface area (Å²) < 4.78 is 12.3. The number of ether oxygens (including phenoxy) is 1. The third kappa shape index (κ3) is 3.96. The van der Waals surface area contributed by atoms with Gasteiger partial charge in [0.1, 0.15) is 17.2 Å². The van der Waals surface area contributed by atoms with Gasteiger partial charge in [0.15, 0.2) is 0 Å². The summed E-state index contributed by atoms with van der Waals surface area (Å²) in [6, 6.07) is 16.9. The largest absolute Gasteiger partial charge is 0.497 e. The van der Waals surface area contributed by atoms with Crippen molar-refractivity contribution in [3.63, 3.8) is 0 Å². The maximum atomic E-state index is 5.92. The van der Waals surface area contributed by atoms with E-state index in [9.17, 15) is 0 Å². The molecule has 4 rings (SSSR count). The van der Waals surface area contributed by atoms with Gasteiger partial charge in [0, 0.05) is 16.7 Å². The fourth-order valence-corrected chi connectivity index (χ4v) is 3.32. The van der Waals surface area contributed by atoms with E-state index in [2.05, 4.69) is 20.7 Å². The quantitative estimate of drug-likeness (QED) is 0.448. The molecule has 0 fully saturated rings. The van der Waals surface area contributed by atoms with E-state index in [1.165, 1.54) is 11.8 Å². The number of thioether (sulfide) groups is 1. The Morgan fingerprint density at radius 1 is 1.11 bits per heavy atom. The van der Waals surface area contributed by atoms with Crippen LogP contribution >= 0.6 is 23.4 Å².